The summed E-state index contributed by atoms with van der Waals surface area (Å²) in [5.74, 6) is 0. The third-order valence-corrected chi connectivity index (χ3v) is 2.90. The second-order valence-electron chi connectivity index (χ2n) is 4.65. The number of alkyl carbamates (subject to hydrolysis) is 1. The number of halogens is 1. The molecule has 2 N–H and O–H groups in total. The molecule has 1 rings (SSSR count). The molecule has 4 nitrogen and oxygen atoms in total. The fraction of sp³-hybridized carbons (Fsp3) is 0.533. The first-order valence-corrected chi connectivity index (χ1v) is 6.90. The molecular formula is C15H22FNO3. The zero-order valence-corrected chi connectivity index (χ0v) is 11.7. The van der Waals surface area contributed by atoms with E-state index in [0.29, 0.717) is 6.42 Å². The van der Waals surface area contributed by atoms with Crippen LogP contribution in [-0.4, -0.2) is 30.0 Å². The van der Waals surface area contributed by atoms with Gasteiger partial charge in [-0.05, 0) is 18.4 Å². The van der Waals surface area contributed by atoms with Crippen LogP contribution in [0.5, 0.6) is 0 Å². The molecule has 0 spiro atoms. The first-order valence-electron chi connectivity index (χ1n) is 6.90. The van der Waals surface area contributed by atoms with Gasteiger partial charge in [-0.15, -0.1) is 0 Å². The van der Waals surface area contributed by atoms with E-state index in [4.69, 9.17) is 4.74 Å². The Hall–Kier alpha value is -1.62. The number of hydrogen-bond acceptors (Lipinski definition) is 3. The molecule has 0 aliphatic heterocycles. The molecule has 20 heavy (non-hydrogen) atoms. The van der Waals surface area contributed by atoms with E-state index in [1.54, 1.807) is 0 Å². The van der Waals surface area contributed by atoms with Crippen molar-refractivity contribution in [3.63, 3.8) is 0 Å². The summed E-state index contributed by atoms with van der Waals surface area (Å²) in [7, 11) is 0. The van der Waals surface area contributed by atoms with Gasteiger partial charge in [0.05, 0.1) is 6.10 Å². The van der Waals surface area contributed by atoms with Crippen molar-refractivity contribution in [3.05, 3.63) is 35.9 Å². The zero-order valence-electron chi connectivity index (χ0n) is 11.7. The second-order valence-corrected chi connectivity index (χ2v) is 4.65. The molecule has 2 atom stereocenters. The Morgan fingerprint density at radius 3 is 2.70 bits per heavy atom. The van der Waals surface area contributed by atoms with Gasteiger partial charge in [0.1, 0.15) is 12.8 Å². The van der Waals surface area contributed by atoms with E-state index in [9.17, 15) is 14.3 Å². The van der Waals surface area contributed by atoms with Gasteiger partial charge in [0.15, 0.2) is 0 Å². The molecule has 1 amide bonds. The lowest BCUT2D eigenvalue weighted by molar-refractivity contribution is 0.0646. The fourth-order valence-corrected chi connectivity index (χ4v) is 1.76. The van der Waals surface area contributed by atoms with Crippen molar-refractivity contribution in [2.75, 3.05) is 6.54 Å². The molecule has 0 aliphatic carbocycles. The minimum atomic E-state index is -1.32. The molecule has 112 valence electrons. The van der Waals surface area contributed by atoms with E-state index in [-0.39, 0.29) is 19.6 Å². The van der Waals surface area contributed by atoms with Gasteiger partial charge in [-0.25, -0.2) is 9.18 Å². The SMILES string of the molecule is CCCC(O)C(F)CCNC(=O)OCc1ccccc1. The van der Waals surface area contributed by atoms with Gasteiger partial charge in [0, 0.05) is 6.54 Å². The number of benzene rings is 1. The molecule has 1 aromatic carbocycles. The van der Waals surface area contributed by atoms with Gasteiger partial charge >= 0.3 is 6.09 Å². The maximum Gasteiger partial charge on any atom is 0.407 e. The third-order valence-electron chi connectivity index (χ3n) is 2.90. The topological polar surface area (TPSA) is 58.6 Å². The van der Waals surface area contributed by atoms with Crippen molar-refractivity contribution in [2.24, 2.45) is 0 Å². The maximum absolute atomic E-state index is 13.4. The summed E-state index contributed by atoms with van der Waals surface area (Å²) in [6.07, 6.45) is -1.60. The highest BCUT2D eigenvalue weighted by molar-refractivity contribution is 5.67. The molecule has 0 radical (unpaired) electrons. The van der Waals surface area contributed by atoms with E-state index >= 15 is 0 Å². The first-order chi connectivity index (χ1) is 9.63. The van der Waals surface area contributed by atoms with Gasteiger partial charge in [-0.1, -0.05) is 43.7 Å². The van der Waals surface area contributed by atoms with Gasteiger partial charge < -0.3 is 15.2 Å². The van der Waals surface area contributed by atoms with Crippen molar-refractivity contribution in [1.29, 1.82) is 0 Å². The lowest BCUT2D eigenvalue weighted by Crippen LogP contribution is -2.30. The predicted octanol–water partition coefficient (Wildman–Crippen LogP) is 2.80. The third kappa shape index (κ3) is 6.52. The molecule has 0 saturated carbocycles. The first kappa shape index (κ1) is 16.4. The Kier molecular flexibility index (Phi) is 7.65. The fourth-order valence-electron chi connectivity index (χ4n) is 1.76. The van der Waals surface area contributed by atoms with Crippen LogP contribution in [0, 0.1) is 0 Å². The summed E-state index contributed by atoms with van der Waals surface area (Å²) in [4.78, 5) is 11.4. The number of aliphatic hydroxyl groups is 1. The van der Waals surface area contributed by atoms with E-state index in [1.165, 1.54) is 0 Å². The maximum atomic E-state index is 13.4. The molecule has 0 saturated heterocycles. The van der Waals surface area contributed by atoms with Crippen molar-refractivity contribution in [2.45, 2.75) is 45.1 Å². The molecule has 0 aromatic heterocycles. The number of alkyl halides is 1. The molecule has 2 unspecified atom stereocenters. The van der Waals surface area contributed by atoms with Crippen LogP contribution in [0.4, 0.5) is 9.18 Å². The Morgan fingerprint density at radius 2 is 2.05 bits per heavy atom. The summed E-state index contributed by atoms with van der Waals surface area (Å²) in [6.45, 7) is 2.22. The molecule has 0 heterocycles. The van der Waals surface area contributed by atoms with Crippen LogP contribution in [0.3, 0.4) is 0 Å². The van der Waals surface area contributed by atoms with Crippen LogP contribution in [0.25, 0.3) is 0 Å². The summed E-state index contributed by atoms with van der Waals surface area (Å²) in [5, 5.41) is 11.9. The number of ether oxygens (including phenoxy) is 1. The minimum absolute atomic E-state index is 0.0849. The number of nitrogens with one attached hydrogen (secondary N) is 1. The number of carbonyl (C=O) groups excluding carboxylic acids is 1. The summed E-state index contributed by atoms with van der Waals surface area (Å²) in [5.41, 5.74) is 0.893. The van der Waals surface area contributed by atoms with Gasteiger partial charge in [0.25, 0.3) is 0 Å². The Morgan fingerprint density at radius 1 is 1.35 bits per heavy atom. The monoisotopic (exact) mass is 283 g/mol. The number of carbonyl (C=O) groups is 1. The molecule has 0 fully saturated rings. The molecule has 0 bridgehead atoms. The predicted molar refractivity (Wildman–Crippen MR) is 75.1 cm³/mol. The average molecular weight is 283 g/mol. The standard InChI is InChI=1S/C15H22FNO3/c1-2-6-14(18)13(16)9-10-17-15(19)20-11-12-7-4-3-5-8-12/h3-5,7-8,13-14,18H,2,6,9-11H2,1H3,(H,17,19). The van der Waals surface area contributed by atoms with Crippen molar-refractivity contribution >= 4 is 6.09 Å². The van der Waals surface area contributed by atoms with Crippen LogP contribution in [0.2, 0.25) is 0 Å². The van der Waals surface area contributed by atoms with E-state index in [2.05, 4.69) is 5.32 Å². The van der Waals surface area contributed by atoms with E-state index in [0.717, 1.165) is 12.0 Å². The van der Waals surface area contributed by atoms with Crippen molar-refractivity contribution < 1.29 is 19.0 Å². The van der Waals surface area contributed by atoms with Crippen LogP contribution in [0.1, 0.15) is 31.7 Å². The van der Waals surface area contributed by atoms with Crippen molar-refractivity contribution in [3.8, 4) is 0 Å². The highest BCUT2D eigenvalue weighted by Gasteiger charge is 2.17. The minimum Gasteiger partial charge on any atom is -0.445 e. The van der Waals surface area contributed by atoms with E-state index in [1.807, 2.05) is 37.3 Å². The average Bonchev–Trinajstić information content (AvgIpc) is 2.46. The number of aliphatic hydroxyl groups excluding tert-OH is 1. The van der Waals surface area contributed by atoms with Crippen LogP contribution < -0.4 is 5.32 Å². The lowest BCUT2D eigenvalue weighted by Gasteiger charge is -2.15. The summed E-state index contributed by atoms with van der Waals surface area (Å²) in [6, 6.07) is 9.31. The largest absolute Gasteiger partial charge is 0.445 e. The Labute approximate surface area is 119 Å². The van der Waals surface area contributed by atoms with Crippen LogP contribution >= 0.6 is 0 Å². The highest BCUT2D eigenvalue weighted by atomic mass is 19.1. The van der Waals surface area contributed by atoms with Gasteiger partial charge in [0.2, 0.25) is 0 Å². The van der Waals surface area contributed by atoms with Crippen LogP contribution in [0.15, 0.2) is 30.3 Å². The van der Waals surface area contributed by atoms with Gasteiger partial charge in [-0.2, -0.15) is 0 Å². The number of amides is 1. The van der Waals surface area contributed by atoms with Crippen LogP contribution in [-0.2, 0) is 11.3 Å². The quantitative estimate of drug-likeness (QED) is 0.771. The van der Waals surface area contributed by atoms with E-state index < -0.39 is 18.4 Å². The lowest BCUT2D eigenvalue weighted by atomic mass is 10.1. The molecule has 0 aliphatic rings. The highest BCUT2D eigenvalue weighted by Crippen LogP contribution is 2.09. The second kappa shape index (κ2) is 9.31. The molecule has 5 heteroatoms. The van der Waals surface area contributed by atoms with Crippen molar-refractivity contribution in [1.82, 2.24) is 5.32 Å². The Bertz CT molecular complexity index is 386. The molecule has 1 aromatic rings. The smallest absolute Gasteiger partial charge is 0.407 e. The molecular weight excluding hydrogens is 261 g/mol. The number of rotatable bonds is 8. The van der Waals surface area contributed by atoms with Gasteiger partial charge in [-0.3, -0.25) is 0 Å². The summed E-state index contributed by atoms with van der Waals surface area (Å²) >= 11 is 0. The normalized spacial score (nSPS) is 13.6. The summed E-state index contributed by atoms with van der Waals surface area (Å²) < 4.78 is 18.4. The number of hydrogen-bond donors (Lipinski definition) is 2. The Balaban J connectivity index is 2.14. The zero-order chi connectivity index (χ0) is 14.8.